The number of rotatable bonds is 3. The first-order valence-electron chi connectivity index (χ1n) is 6.48. The van der Waals surface area contributed by atoms with Gasteiger partial charge in [-0.25, -0.2) is 0 Å². The molecule has 1 aliphatic rings. The average molecular weight is 448 g/mol. The summed E-state index contributed by atoms with van der Waals surface area (Å²) in [6.45, 7) is 0.940. The van der Waals surface area contributed by atoms with Crippen molar-refractivity contribution in [3.05, 3.63) is 53.7 Å². The van der Waals surface area contributed by atoms with Crippen LogP contribution in [0.2, 0.25) is 0 Å². The molecule has 2 aromatic rings. The van der Waals surface area contributed by atoms with E-state index in [1.807, 2.05) is 11.3 Å². The lowest BCUT2D eigenvalue weighted by atomic mass is 9.94. The topological polar surface area (TPSA) is 12.0 Å². The van der Waals surface area contributed by atoms with E-state index in [9.17, 15) is 0 Å². The summed E-state index contributed by atoms with van der Waals surface area (Å²) in [5.74, 6) is 0. The molecule has 0 saturated heterocycles. The Hall–Kier alpha value is 0.0900. The van der Waals surface area contributed by atoms with Gasteiger partial charge in [0.15, 0.2) is 0 Å². The highest BCUT2D eigenvalue weighted by molar-refractivity contribution is 14.1. The van der Waals surface area contributed by atoms with Crippen molar-refractivity contribution in [1.29, 1.82) is 0 Å². The number of aryl methyl sites for hydroxylation is 1. The lowest BCUT2D eigenvalue weighted by Crippen LogP contribution is -2.23. The Labute approximate surface area is 140 Å². The Balaban J connectivity index is 1.71. The summed E-state index contributed by atoms with van der Waals surface area (Å²) < 4.78 is 2.57. The highest BCUT2D eigenvalue weighted by Crippen LogP contribution is 2.36. The molecule has 1 aromatic heterocycles. The van der Waals surface area contributed by atoms with E-state index in [-0.39, 0.29) is 0 Å². The SMILES string of the molecule is Brc1cccc(CNC2CCCc3sc(I)cc32)c1. The molecule has 1 unspecified atom stereocenters. The molecule has 1 aromatic carbocycles. The predicted molar refractivity (Wildman–Crippen MR) is 93.7 cm³/mol. The van der Waals surface area contributed by atoms with Gasteiger partial charge in [-0.05, 0) is 71.2 Å². The zero-order chi connectivity index (χ0) is 13.2. The number of halogens is 2. The Morgan fingerprint density at radius 3 is 3.11 bits per heavy atom. The Morgan fingerprint density at radius 1 is 1.37 bits per heavy atom. The molecule has 0 spiro atoms. The molecule has 4 heteroatoms. The summed E-state index contributed by atoms with van der Waals surface area (Å²) in [5.41, 5.74) is 2.88. The van der Waals surface area contributed by atoms with E-state index in [1.54, 1.807) is 4.88 Å². The summed E-state index contributed by atoms with van der Waals surface area (Å²) >= 11 is 7.93. The van der Waals surface area contributed by atoms with Gasteiger partial charge < -0.3 is 5.32 Å². The average Bonchev–Trinajstić information content (AvgIpc) is 2.77. The van der Waals surface area contributed by atoms with Crippen molar-refractivity contribution in [3.63, 3.8) is 0 Å². The standard InChI is InChI=1S/C15H15BrINS/c16-11-4-1-3-10(7-11)9-18-13-5-2-6-14-12(13)8-15(17)19-14/h1,3-4,7-8,13,18H,2,5-6,9H2. The summed E-state index contributed by atoms with van der Waals surface area (Å²) in [6.07, 6.45) is 3.83. The van der Waals surface area contributed by atoms with Gasteiger partial charge in [0.1, 0.15) is 0 Å². The fourth-order valence-electron chi connectivity index (χ4n) is 2.62. The lowest BCUT2D eigenvalue weighted by Gasteiger charge is -2.23. The Bertz CT molecular complexity index is 581. The molecule has 1 atom stereocenters. The summed E-state index contributed by atoms with van der Waals surface area (Å²) in [6, 6.07) is 11.4. The van der Waals surface area contributed by atoms with Crippen molar-refractivity contribution in [2.45, 2.75) is 31.8 Å². The molecule has 0 saturated carbocycles. The largest absolute Gasteiger partial charge is 0.306 e. The van der Waals surface area contributed by atoms with Crippen molar-refractivity contribution in [2.75, 3.05) is 0 Å². The van der Waals surface area contributed by atoms with Gasteiger partial charge in [0.05, 0.1) is 2.88 Å². The van der Waals surface area contributed by atoms with Crippen LogP contribution in [0.4, 0.5) is 0 Å². The van der Waals surface area contributed by atoms with Gasteiger partial charge in [0, 0.05) is 21.9 Å². The van der Waals surface area contributed by atoms with Crippen molar-refractivity contribution in [1.82, 2.24) is 5.32 Å². The van der Waals surface area contributed by atoms with Gasteiger partial charge in [-0.3, -0.25) is 0 Å². The molecule has 0 aliphatic heterocycles. The van der Waals surface area contributed by atoms with Crippen LogP contribution in [0.25, 0.3) is 0 Å². The smallest absolute Gasteiger partial charge is 0.0659 e. The van der Waals surface area contributed by atoms with E-state index in [1.165, 1.54) is 33.3 Å². The molecule has 1 heterocycles. The number of hydrogen-bond acceptors (Lipinski definition) is 2. The number of hydrogen-bond donors (Lipinski definition) is 1. The van der Waals surface area contributed by atoms with Crippen molar-refractivity contribution >= 4 is 49.9 Å². The van der Waals surface area contributed by atoms with Crippen LogP contribution in [-0.2, 0) is 13.0 Å². The molecule has 1 nitrogen and oxygen atoms in total. The van der Waals surface area contributed by atoms with Gasteiger partial charge in [-0.1, -0.05) is 28.1 Å². The lowest BCUT2D eigenvalue weighted by molar-refractivity contribution is 0.463. The quantitative estimate of drug-likeness (QED) is 0.631. The van der Waals surface area contributed by atoms with Gasteiger partial charge in [0.2, 0.25) is 0 Å². The molecule has 1 N–H and O–H groups in total. The maximum absolute atomic E-state index is 3.72. The highest BCUT2D eigenvalue weighted by atomic mass is 127. The molecular weight excluding hydrogens is 433 g/mol. The second-order valence-corrected chi connectivity index (χ2v) is 8.83. The van der Waals surface area contributed by atoms with Crippen LogP contribution in [0.1, 0.15) is 34.9 Å². The first-order chi connectivity index (χ1) is 9.22. The summed E-state index contributed by atoms with van der Waals surface area (Å²) in [7, 11) is 0. The summed E-state index contributed by atoms with van der Waals surface area (Å²) in [5, 5.41) is 3.72. The van der Waals surface area contributed by atoms with Crippen molar-refractivity contribution < 1.29 is 0 Å². The minimum atomic E-state index is 0.530. The first kappa shape index (κ1) is 14.0. The molecule has 1 aliphatic carbocycles. The number of nitrogens with one attached hydrogen (secondary N) is 1. The second kappa shape index (κ2) is 6.24. The third-order valence-electron chi connectivity index (χ3n) is 3.53. The molecular formula is C15H15BrINS. The van der Waals surface area contributed by atoms with E-state index >= 15 is 0 Å². The maximum Gasteiger partial charge on any atom is 0.0659 e. The number of thiophene rings is 1. The minimum Gasteiger partial charge on any atom is -0.306 e. The highest BCUT2D eigenvalue weighted by Gasteiger charge is 2.21. The fourth-order valence-corrected chi connectivity index (χ4v) is 5.19. The van der Waals surface area contributed by atoms with Crippen LogP contribution in [-0.4, -0.2) is 0 Å². The second-order valence-electron chi connectivity index (χ2n) is 4.88. The van der Waals surface area contributed by atoms with Gasteiger partial charge >= 0.3 is 0 Å². The Morgan fingerprint density at radius 2 is 2.26 bits per heavy atom. The number of benzene rings is 1. The first-order valence-corrected chi connectivity index (χ1v) is 9.17. The third-order valence-corrected chi connectivity index (χ3v) is 5.99. The normalized spacial score (nSPS) is 18.3. The van der Waals surface area contributed by atoms with Gasteiger partial charge in [-0.15, -0.1) is 11.3 Å². The van der Waals surface area contributed by atoms with E-state index in [0.29, 0.717) is 6.04 Å². The molecule has 0 bridgehead atoms. The maximum atomic E-state index is 3.72. The molecule has 0 amide bonds. The third kappa shape index (κ3) is 3.40. The fraction of sp³-hybridized carbons (Fsp3) is 0.333. The molecule has 3 rings (SSSR count). The minimum absolute atomic E-state index is 0.530. The zero-order valence-corrected chi connectivity index (χ0v) is 15.0. The van der Waals surface area contributed by atoms with Gasteiger partial charge in [-0.2, -0.15) is 0 Å². The number of fused-ring (bicyclic) bond motifs is 1. The summed E-state index contributed by atoms with van der Waals surface area (Å²) in [4.78, 5) is 1.59. The Kier molecular flexibility index (Phi) is 4.62. The van der Waals surface area contributed by atoms with Crippen LogP contribution in [0, 0.1) is 2.88 Å². The molecule has 0 fully saturated rings. The molecule has 0 radical (unpaired) electrons. The molecule has 19 heavy (non-hydrogen) atoms. The van der Waals surface area contributed by atoms with Crippen molar-refractivity contribution in [2.24, 2.45) is 0 Å². The van der Waals surface area contributed by atoms with Crippen molar-refractivity contribution in [3.8, 4) is 0 Å². The van der Waals surface area contributed by atoms with E-state index in [4.69, 9.17) is 0 Å². The van der Waals surface area contributed by atoms with Crippen LogP contribution < -0.4 is 5.32 Å². The predicted octanol–water partition coefficient (Wildman–Crippen LogP) is 5.28. The monoisotopic (exact) mass is 447 g/mol. The van der Waals surface area contributed by atoms with Crippen LogP contribution >= 0.6 is 49.9 Å². The van der Waals surface area contributed by atoms with E-state index in [0.717, 1.165) is 11.0 Å². The van der Waals surface area contributed by atoms with E-state index < -0.39 is 0 Å². The van der Waals surface area contributed by atoms with Crippen LogP contribution in [0.5, 0.6) is 0 Å². The molecule has 100 valence electrons. The van der Waals surface area contributed by atoms with Gasteiger partial charge in [0.25, 0.3) is 0 Å². The van der Waals surface area contributed by atoms with Crippen LogP contribution in [0.3, 0.4) is 0 Å². The van der Waals surface area contributed by atoms with Crippen LogP contribution in [0.15, 0.2) is 34.8 Å². The zero-order valence-electron chi connectivity index (χ0n) is 10.5. The van der Waals surface area contributed by atoms with E-state index in [2.05, 4.69) is 74.2 Å².